The first-order valence-corrected chi connectivity index (χ1v) is 9.14. The van der Waals surface area contributed by atoms with Gasteiger partial charge in [0.1, 0.15) is 5.84 Å². The Bertz CT molecular complexity index is 938. The van der Waals surface area contributed by atoms with Gasteiger partial charge in [-0.15, -0.1) is 0 Å². The third-order valence-electron chi connectivity index (χ3n) is 3.66. The second kappa shape index (κ2) is 7.04. The number of nitrogens with one attached hydrogen (secondary N) is 2. The standard InChI is InChI=1S/C17H17N3O4S/c21-11-12-4-3-5-13(10-12)19-16(22)8-9-18-17-14-6-1-2-7-15(14)25(23,24)20-17/h1-7,10,21H,8-9,11H2,(H,18,20)(H,19,22). The summed E-state index contributed by atoms with van der Waals surface area (Å²) < 4.78 is 26.3. The highest BCUT2D eigenvalue weighted by Gasteiger charge is 2.29. The van der Waals surface area contributed by atoms with Gasteiger partial charge in [-0.25, -0.2) is 8.42 Å². The average molecular weight is 359 g/mol. The number of hydrogen-bond acceptors (Lipinski definition) is 5. The zero-order chi connectivity index (χ0) is 17.9. The number of benzene rings is 2. The Balaban J connectivity index is 1.63. The lowest BCUT2D eigenvalue weighted by molar-refractivity contribution is -0.116. The molecule has 3 rings (SSSR count). The van der Waals surface area contributed by atoms with Crippen LogP contribution in [0.2, 0.25) is 0 Å². The van der Waals surface area contributed by atoms with Gasteiger partial charge in [0.25, 0.3) is 10.0 Å². The van der Waals surface area contributed by atoms with Crippen LogP contribution < -0.4 is 10.0 Å². The van der Waals surface area contributed by atoms with Gasteiger partial charge in [-0.05, 0) is 29.8 Å². The Morgan fingerprint density at radius 2 is 1.96 bits per heavy atom. The van der Waals surface area contributed by atoms with Gasteiger partial charge in [0.05, 0.1) is 18.0 Å². The highest BCUT2D eigenvalue weighted by molar-refractivity contribution is 7.90. The van der Waals surface area contributed by atoms with Crippen molar-refractivity contribution in [2.24, 2.45) is 4.99 Å². The molecule has 1 aliphatic heterocycles. The Morgan fingerprint density at radius 3 is 2.76 bits per heavy atom. The monoisotopic (exact) mass is 359 g/mol. The van der Waals surface area contributed by atoms with Crippen molar-refractivity contribution in [2.75, 3.05) is 11.9 Å². The topological polar surface area (TPSA) is 108 Å². The fourth-order valence-corrected chi connectivity index (χ4v) is 3.74. The van der Waals surface area contributed by atoms with Crippen LogP contribution in [0.3, 0.4) is 0 Å². The highest BCUT2D eigenvalue weighted by Crippen LogP contribution is 2.22. The first-order valence-electron chi connectivity index (χ1n) is 7.66. The molecule has 0 saturated carbocycles. The molecule has 8 heteroatoms. The van der Waals surface area contributed by atoms with E-state index in [1.54, 1.807) is 42.5 Å². The van der Waals surface area contributed by atoms with E-state index in [1.165, 1.54) is 6.07 Å². The first kappa shape index (κ1) is 17.1. The Morgan fingerprint density at radius 1 is 1.16 bits per heavy atom. The van der Waals surface area contributed by atoms with Crippen molar-refractivity contribution in [1.29, 1.82) is 0 Å². The molecule has 25 heavy (non-hydrogen) atoms. The molecule has 0 saturated heterocycles. The molecule has 3 N–H and O–H groups in total. The Kier molecular flexibility index (Phi) is 4.82. The lowest BCUT2D eigenvalue weighted by atomic mass is 10.2. The third kappa shape index (κ3) is 3.86. The van der Waals surface area contributed by atoms with E-state index in [-0.39, 0.29) is 36.2 Å². The predicted octanol–water partition coefficient (Wildman–Crippen LogP) is 1.25. The molecule has 0 fully saturated rings. The lowest BCUT2D eigenvalue weighted by Crippen LogP contribution is -2.23. The van der Waals surface area contributed by atoms with Crippen LogP contribution in [0.4, 0.5) is 5.69 Å². The van der Waals surface area contributed by atoms with Gasteiger partial charge in [-0.1, -0.05) is 24.3 Å². The van der Waals surface area contributed by atoms with E-state index >= 15 is 0 Å². The summed E-state index contributed by atoms with van der Waals surface area (Å²) in [5.41, 5.74) is 1.81. The molecule has 130 valence electrons. The van der Waals surface area contributed by atoms with E-state index in [0.717, 1.165) is 0 Å². The summed E-state index contributed by atoms with van der Waals surface area (Å²) in [5, 5.41) is 11.8. The van der Waals surface area contributed by atoms with Gasteiger partial charge in [0.15, 0.2) is 0 Å². The van der Waals surface area contributed by atoms with E-state index in [2.05, 4.69) is 15.0 Å². The number of aliphatic hydroxyl groups is 1. The molecule has 0 bridgehead atoms. The summed E-state index contributed by atoms with van der Waals surface area (Å²) >= 11 is 0. The van der Waals surface area contributed by atoms with Crippen LogP contribution >= 0.6 is 0 Å². The molecule has 0 atom stereocenters. The molecular weight excluding hydrogens is 342 g/mol. The van der Waals surface area contributed by atoms with Crippen molar-refractivity contribution in [3.63, 3.8) is 0 Å². The quantitative estimate of drug-likeness (QED) is 0.746. The number of carbonyl (C=O) groups is 1. The smallest absolute Gasteiger partial charge is 0.263 e. The second-order valence-electron chi connectivity index (χ2n) is 5.49. The largest absolute Gasteiger partial charge is 0.392 e. The lowest BCUT2D eigenvalue weighted by Gasteiger charge is -2.06. The normalized spacial score (nSPS) is 16.3. The van der Waals surface area contributed by atoms with E-state index in [4.69, 9.17) is 5.11 Å². The van der Waals surface area contributed by atoms with Gasteiger partial charge in [-0.3, -0.25) is 14.5 Å². The zero-order valence-corrected chi connectivity index (χ0v) is 14.1. The summed E-state index contributed by atoms with van der Waals surface area (Å²) in [6, 6.07) is 13.5. The van der Waals surface area contributed by atoms with Crippen molar-refractivity contribution < 1.29 is 18.3 Å². The van der Waals surface area contributed by atoms with Crippen molar-refractivity contribution in [3.05, 3.63) is 59.7 Å². The minimum atomic E-state index is -3.57. The molecule has 0 aromatic heterocycles. The summed E-state index contributed by atoms with van der Waals surface area (Å²) in [6.07, 6.45) is 0.108. The van der Waals surface area contributed by atoms with Crippen molar-refractivity contribution >= 4 is 27.5 Å². The number of carbonyl (C=O) groups excluding carboxylic acids is 1. The average Bonchev–Trinajstić information content (AvgIpc) is 2.86. The molecule has 0 aliphatic carbocycles. The van der Waals surface area contributed by atoms with Gasteiger partial charge in [-0.2, -0.15) is 0 Å². The van der Waals surface area contributed by atoms with E-state index in [9.17, 15) is 13.2 Å². The fourth-order valence-electron chi connectivity index (χ4n) is 2.49. The van der Waals surface area contributed by atoms with Crippen molar-refractivity contribution in [1.82, 2.24) is 4.72 Å². The number of aliphatic imine (C=N–C) groups is 1. The summed E-state index contributed by atoms with van der Waals surface area (Å²) in [6.45, 7) is 0.0502. The summed E-state index contributed by atoms with van der Waals surface area (Å²) in [4.78, 5) is 16.4. The fraction of sp³-hybridized carbons (Fsp3) is 0.176. The maximum Gasteiger partial charge on any atom is 0.263 e. The van der Waals surface area contributed by atoms with Crippen LogP contribution in [-0.4, -0.2) is 31.8 Å². The number of sulfonamides is 1. The second-order valence-corrected chi connectivity index (χ2v) is 7.14. The Hall–Kier alpha value is -2.71. The van der Waals surface area contributed by atoms with Gasteiger partial charge < -0.3 is 10.4 Å². The van der Waals surface area contributed by atoms with Gasteiger partial charge in [0, 0.05) is 17.7 Å². The number of aliphatic hydroxyl groups excluding tert-OH is 1. The van der Waals surface area contributed by atoms with Crippen LogP contribution in [0.5, 0.6) is 0 Å². The van der Waals surface area contributed by atoms with E-state index < -0.39 is 10.0 Å². The minimum Gasteiger partial charge on any atom is -0.392 e. The maximum atomic E-state index is 12.0. The molecule has 2 aromatic rings. The molecule has 2 aromatic carbocycles. The third-order valence-corrected chi connectivity index (χ3v) is 5.06. The summed E-state index contributed by atoms with van der Waals surface area (Å²) in [7, 11) is -3.57. The van der Waals surface area contributed by atoms with Crippen LogP contribution in [0, 0.1) is 0 Å². The number of amidine groups is 1. The van der Waals surface area contributed by atoms with Crippen LogP contribution in [0.25, 0.3) is 0 Å². The maximum absolute atomic E-state index is 12.0. The van der Waals surface area contributed by atoms with E-state index in [1.807, 2.05) is 0 Å². The Labute approximate surface area is 145 Å². The predicted molar refractivity (Wildman–Crippen MR) is 93.8 cm³/mol. The molecule has 1 aliphatic rings. The van der Waals surface area contributed by atoms with Crippen molar-refractivity contribution in [2.45, 2.75) is 17.9 Å². The molecule has 1 amide bonds. The SMILES string of the molecule is O=C(CCN=C1NS(=O)(=O)c2ccccc21)Nc1cccc(CO)c1. The van der Waals surface area contributed by atoms with Gasteiger partial charge >= 0.3 is 0 Å². The van der Waals surface area contributed by atoms with Crippen LogP contribution in [0.15, 0.2) is 58.4 Å². The van der Waals surface area contributed by atoms with Crippen LogP contribution in [-0.2, 0) is 21.4 Å². The van der Waals surface area contributed by atoms with Crippen molar-refractivity contribution in [3.8, 4) is 0 Å². The number of anilines is 1. The zero-order valence-electron chi connectivity index (χ0n) is 13.3. The minimum absolute atomic E-state index is 0.100. The molecule has 0 spiro atoms. The number of fused-ring (bicyclic) bond motifs is 1. The van der Waals surface area contributed by atoms with Gasteiger partial charge in [0.2, 0.25) is 5.91 Å². The summed E-state index contributed by atoms with van der Waals surface area (Å²) in [5.74, 6) is 0.0132. The number of rotatable bonds is 5. The molecule has 1 heterocycles. The molecule has 0 radical (unpaired) electrons. The molecular formula is C17H17N3O4S. The van der Waals surface area contributed by atoms with Crippen LogP contribution in [0.1, 0.15) is 17.5 Å². The molecule has 7 nitrogen and oxygen atoms in total. The first-order chi connectivity index (χ1) is 12.0. The van der Waals surface area contributed by atoms with E-state index in [0.29, 0.717) is 16.8 Å². The number of nitrogens with zero attached hydrogens (tertiary/aromatic N) is 1. The highest BCUT2D eigenvalue weighted by atomic mass is 32.2. The number of hydrogen-bond donors (Lipinski definition) is 3. The molecule has 0 unspecified atom stereocenters. The number of amides is 1.